The second-order valence-electron chi connectivity index (χ2n) is 9.24. The van der Waals surface area contributed by atoms with Crippen molar-refractivity contribution in [1.82, 2.24) is 9.88 Å². The number of fused-ring (bicyclic) bond motifs is 4. The van der Waals surface area contributed by atoms with Gasteiger partial charge in [-0.1, -0.05) is 17.7 Å². The molecule has 31 heavy (non-hydrogen) atoms. The topological polar surface area (TPSA) is 73.0 Å². The Morgan fingerprint density at radius 3 is 2.74 bits per heavy atom. The van der Waals surface area contributed by atoms with E-state index in [0.29, 0.717) is 17.7 Å². The van der Waals surface area contributed by atoms with Crippen LogP contribution in [0.4, 0.5) is 0 Å². The van der Waals surface area contributed by atoms with Gasteiger partial charge in [0.2, 0.25) is 0 Å². The van der Waals surface area contributed by atoms with E-state index in [4.69, 9.17) is 31.8 Å². The van der Waals surface area contributed by atoms with Crippen LogP contribution in [-0.2, 0) is 10.3 Å². The molecule has 6 rings (SSSR count). The molecule has 1 aliphatic carbocycles. The van der Waals surface area contributed by atoms with Gasteiger partial charge in [-0.3, -0.25) is 4.98 Å². The molecule has 2 N–H and O–H groups in total. The van der Waals surface area contributed by atoms with Gasteiger partial charge in [0.05, 0.1) is 5.02 Å². The summed E-state index contributed by atoms with van der Waals surface area (Å²) in [6.07, 6.45) is 9.52. The van der Waals surface area contributed by atoms with Crippen LogP contribution in [0.3, 0.4) is 0 Å². The summed E-state index contributed by atoms with van der Waals surface area (Å²) >= 11 is 6.20. The normalized spacial score (nSPS) is 32.2. The molecular formula is C24H27ClN4O2. The molecule has 7 heteroatoms. The number of amidine groups is 1. The Hall–Kier alpha value is -2.31. The van der Waals surface area contributed by atoms with Gasteiger partial charge in [0.25, 0.3) is 6.02 Å². The van der Waals surface area contributed by atoms with Gasteiger partial charge in [0.1, 0.15) is 24.0 Å². The maximum atomic E-state index is 6.56. The molecule has 1 aromatic carbocycles. The van der Waals surface area contributed by atoms with Crippen LogP contribution in [0.1, 0.15) is 37.7 Å². The molecule has 4 heterocycles. The molecule has 3 unspecified atom stereocenters. The van der Waals surface area contributed by atoms with Crippen molar-refractivity contribution < 1.29 is 9.47 Å². The number of aromatic nitrogens is 1. The third-order valence-corrected chi connectivity index (χ3v) is 7.75. The van der Waals surface area contributed by atoms with Crippen molar-refractivity contribution in [2.45, 2.75) is 49.8 Å². The lowest BCUT2D eigenvalue weighted by atomic mass is 9.66. The van der Waals surface area contributed by atoms with E-state index in [1.165, 1.54) is 32.4 Å². The number of rotatable bonds is 2. The van der Waals surface area contributed by atoms with Crippen LogP contribution >= 0.6 is 11.6 Å². The van der Waals surface area contributed by atoms with Crippen molar-refractivity contribution in [3.05, 3.63) is 47.2 Å². The number of hydrogen-bond donors (Lipinski definition) is 1. The standard InChI is InChI=1S/C24H27ClN4O2/c25-17-9-16(12-27-13-17)15-3-5-21-19(10-15)24(14-30-23(26)28-24)20-11-18(4-6-22(20)31-21)29-7-1-2-8-29/h3,5,9-10,12-13,18,20,22H,1-2,4,6-8,11,14H2,(H2,26,28)/t18?,20-,22?,24?/m0/s1. The van der Waals surface area contributed by atoms with Crippen LogP contribution in [0.5, 0.6) is 5.75 Å². The molecule has 2 aromatic rings. The number of pyridine rings is 1. The van der Waals surface area contributed by atoms with Gasteiger partial charge in [-0.25, -0.2) is 4.99 Å². The lowest BCUT2D eigenvalue weighted by Crippen LogP contribution is -2.54. The van der Waals surface area contributed by atoms with Gasteiger partial charge in [0, 0.05) is 35.5 Å². The molecule has 0 radical (unpaired) electrons. The molecule has 1 saturated heterocycles. The number of hydrogen-bond acceptors (Lipinski definition) is 6. The number of likely N-dealkylation sites (tertiary alicyclic amines) is 1. The SMILES string of the molecule is NC1=NC2(CO1)c1cc(-c3cncc(Cl)c3)ccc1OC1CCC(N3CCCC3)C[C@@H]12. The number of benzene rings is 1. The van der Waals surface area contributed by atoms with E-state index in [1.807, 2.05) is 12.3 Å². The maximum absolute atomic E-state index is 6.56. The number of aliphatic imine (C=N–C) groups is 1. The Bertz CT molecular complexity index is 1040. The van der Waals surface area contributed by atoms with E-state index in [1.54, 1.807) is 6.20 Å². The zero-order chi connectivity index (χ0) is 21.0. The lowest BCUT2D eigenvalue weighted by Gasteiger charge is -2.49. The molecule has 1 aromatic heterocycles. The van der Waals surface area contributed by atoms with Crippen LogP contribution < -0.4 is 10.5 Å². The fourth-order valence-electron chi connectivity index (χ4n) is 6.06. The van der Waals surface area contributed by atoms with Crippen LogP contribution in [0.2, 0.25) is 5.02 Å². The molecule has 4 atom stereocenters. The van der Waals surface area contributed by atoms with Crippen molar-refractivity contribution in [2.75, 3.05) is 19.7 Å². The minimum Gasteiger partial charge on any atom is -0.490 e. The number of ether oxygens (including phenoxy) is 2. The molecule has 1 spiro atoms. The van der Waals surface area contributed by atoms with Crippen molar-refractivity contribution in [3.8, 4) is 16.9 Å². The molecule has 2 fully saturated rings. The Balaban J connectivity index is 1.43. The predicted molar refractivity (Wildman–Crippen MR) is 120 cm³/mol. The smallest absolute Gasteiger partial charge is 0.283 e. The highest BCUT2D eigenvalue weighted by molar-refractivity contribution is 6.30. The third kappa shape index (κ3) is 3.19. The first-order valence-electron chi connectivity index (χ1n) is 11.3. The lowest BCUT2D eigenvalue weighted by molar-refractivity contribution is -0.0193. The summed E-state index contributed by atoms with van der Waals surface area (Å²) in [5.41, 5.74) is 8.68. The summed E-state index contributed by atoms with van der Waals surface area (Å²) in [5, 5.41) is 0.619. The van der Waals surface area contributed by atoms with Gasteiger partial charge < -0.3 is 20.1 Å². The van der Waals surface area contributed by atoms with E-state index in [9.17, 15) is 0 Å². The number of nitrogens with zero attached hydrogens (tertiary/aromatic N) is 3. The molecule has 0 amide bonds. The van der Waals surface area contributed by atoms with Crippen molar-refractivity contribution in [1.29, 1.82) is 0 Å². The predicted octanol–water partition coefficient (Wildman–Crippen LogP) is 3.97. The van der Waals surface area contributed by atoms with Gasteiger partial charge in [-0.15, -0.1) is 0 Å². The Morgan fingerprint density at radius 1 is 1.10 bits per heavy atom. The van der Waals surface area contributed by atoms with Gasteiger partial charge in [-0.05, 0) is 69.0 Å². The first-order chi connectivity index (χ1) is 15.1. The van der Waals surface area contributed by atoms with Crippen molar-refractivity contribution >= 4 is 17.6 Å². The zero-order valence-corrected chi connectivity index (χ0v) is 18.2. The highest BCUT2D eigenvalue weighted by Gasteiger charge is 2.56. The average Bonchev–Trinajstić information content (AvgIpc) is 3.45. The summed E-state index contributed by atoms with van der Waals surface area (Å²) in [4.78, 5) is 11.9. The molecular weight excluding hydrogens is 412 g/mol. The Kier molecular flexibility index (Phi) is 4.62. The minimum absolute atomic E-state index is 0.142. The minimum atomic E-state index is -0.497. The largest absolute Gasteiger partial charge is 0.490 e. The summed E-state index contributed by atoms with van der Waals surface area (Å²) in [7, 11) is 0. The first-order valence-corrected chi connectivity index (χ1v) is 11.6. The first kappa shape index (κ1) is 19.4. The zero-order valence-electron chi connectivity index (χ0n) is 17.5. The van der Waals surface area contributed by atoms with E-state index < -0.39 is 5.54 Å². The van der Waals surface area contributed by atoms with E-state index in [-0.39, 0.29) is 18.0 Å². The fraction of sp³-hybridized carbons (Fsp3) is 0.500. The van der Waals surface area contributed by atoms with Gasteiger partial charge in [0.15, 0.2) is 0 Å². The average molecular weight is 439 g/mol. The maximum Gasteiger partial charge on any atom is 0.283 e. The second-order valence-corrected chi connectivity index (χ2v) is 9.67. The molecule has 0 bridgehead atoms. The van der Waals surface area contributed by atoms with Crippen LogP contribution in [0.15, 0.2) is 41.7 Å². The van der Waals surface area contributed by atoms with Crippen LogP contribution in [-0.4, -0.2) is 47.7 Å². The van der Waals surface area contributed by atoms with Crippen molar-refractivity contribution in [3.63, 3.8) is 0 Å². The second kappa shape index (κ2) is 7.38. The Labute approximate surface area is 187 Å². The molecule has 4 aliphatic rings. The number of nitrogens with two attached hydrogens (primary N) is 1. The Morgan fingerprint density at radius 2 is 1.97 bits per heavy atom. The molecule has 1 saturated carbocycles. The summed E-state index contributed by atoms with van der Waals surface area (Å²) in [6, 6.07) is 9.10. The fourth-order valence-corrected chi connectivity index (χ4v) is 6.23. The molecule has 3 aliphatic heterocycles. The highest BCUT2D eigenvalue weighted by atomic mass is 35.5. The number of halogens is 1. The van der Waals surface area contributed by atoms with Crippen LogP contribution in [0, 0.1) is 5.92 Å². The quantitative estimate of drug-likeness (QED) is 0.768. The summed E-state index contributed by atoms with van der Waals surface area (Å²) < 4.78 is 12.4. The van der Waals surface area contributed by atoms with Crippen molar-refractivity contribution in [2.24, 2.45) is 16.6 Å². The van der Waals surface area contributed by atoms with E-state index >= 15 is 0 Å². The molecule has 162 valence electrons. The third-order valence-electron chi connectivity index (χ3n) is 7.54. The van der Waals surface area contributed by atoms with Crippen LogP contribution in [0.25, 0.3) is 11.1 Å². The van der Waals surface area contributed by atoms with Gasteiger partial charge >= 0.3 is 0 Å². The molecule has 6 nitrogen and oxygen atoms in total. The monoisotopic (exact) mass is 438 g/mol. The highest BCUT2D eigenvalue weighted by Crippen LogP contribution is 2.53. The summed E-state index contributed by atoms with van der Waals surface area (Å²) in [5.74, 6) is 1.13. The van der Waals surface area contributed by atoms with E-state index in [2.05, 4.69) is 28.1 Å². The van der Waals surface area contributed by atoms with E-state index in [0.717, 1.165) is 35.3 Å². The summed E-state index contributed by atoms with van der Waals surface area (Å²) in [6.45, 7) is 2.89. The van der Waals surface area contributed by atoms with Gasteiger partial charge in [-0.2, -0.15) is 0 Å².